The molecule has 0 saturated heterocycles. The number of halogens is 1. The Morgan fingerprint density at radius 3 is 2.42 bits per heavy atom. The Morgan fingerprint density at radius 1 is 1.04 bits per heavy atom. The number of carbonyl (C=O) groups excluding carboxylic acids is 2. The molecule has 2 unspecified atom stereocenters. The van der Waals surface area contributed by atoms with Crippen molar-refractivity contribution in [2.45, 2.75) is 26.4 Å². The van der Waals surface area contributed by atoms with Gasteiger partial charge in [-0.2, -0.15) is 0 Å². The molecular weight excluding hydrogens is 352 g/mol. The van der Waals surface area contributed by atoms with Crippen LogP contribution in [0.25, 0.3) is 0 Å². The first kappa shape index (κ1) is 18.3. The number of carbonyl (C=O) groups is 2. The predicted molar refractivity (Wildman–Crippen MR) is 103 cm³/mol. The molecule has 0 heterocycles. The highest BCUT2D eigenvalue weighted by atomic mass is 35.5. The second-order valence-corrected chi connectivity index (χ2v) is 7.04. The first-order valence-corrected chi connectivity index (χ1v) is 8.95. The summed E-state index contributed by atoms with van der Waals surface area (Å²) in [6.07, 6.45) is 0.538. The maximum atomic E-state index is 12.5. The van der Waals surface area contributed by atoms with E-state index in [0.717, 1.165) is 0 Å². The molecule has 2 atom stereocenters. The van der Waals surface area contributed by atoms with E-state index in [-0.39, 0.29) is 29.8 Å². The van der Waals surface area contributed by atoms with Crippen LogP contribution in [0.3, 0.4) is 0 Å². The van der Waals surface area contributed by atoms with Crippen molar-refractivity contribution in [1.82, 2.24) is 0 Å². The van der Waals surface area contributed by atoms with Gasteiger partial charge >= 0.3 is 0 Å². The summed E-state index contributed by atoms with van der Waals surface area (Å²) >= 11 is 5.92. The van der Waals surface area contributed by atoms with Gasteiger partial charge in [-0.25, -0.2) is 0 Å². The van der Waals surface area contributed by atoms with Gasteiger partial charge in [-0.15, -0.1) is 0 Å². The van der Waals surface area contributed by atoms with Crippen LogP contribution in [-0.2, 0) is 9.59 Å². The molecule has 0 spiro atoms. The summed E-state index contributed by atoms with van der Waals surface area (Å²) in [5, 5.41) is 6.22. The van der Waals surface area contributed by atoms with Gasteiger partial charge in [-0.05, 0) is 50.6 Å². The van der Waals surface area contributed by atoms with E-state index in [1.807, 2.05) is 32.0 Å². The third-order valence-electron chi connectivity index (χ3n) is 4.06. The molecular formula is C20H21ClN2O3. The number of hydrogen-bond acceptors (Lipinski definition) is 3. The molecule has 136 valence electrons. The smallest absolute Gasteiger partial charge is 0.228 e. The average Bonchev–Trinajstić information content (AvgIpc) is 3.37. The van der Waals surface area contributed by atoms with Crippen molar-refractivity contribution >= 4 is 34.8 Å². The van der Waals surface area contributed by atoms with Crippen molar-refractivity contribution in [3.05, 3.63) is 53.6 Å². The number of benzene rings is 2. The molecule has 1 aliphatic carbocycles. The molecule has 0 radical (unpaired) electrons. The van der Waals surface area contributed by atoms with Gasteiger partial charge in [0.15, 0.2) is 0 Å². The number of hydrogen-bond donors (Lipinski definition) is 2. The van der Waals surface area contributed by atoms with Crippen molar-refractivity contribution in [3.8, 4) is 5.75 Å². The molecule has 2 aromatic rings. The number of ether oxygens (including phenoxy) is 1. The number of nitrogens with one attached hydrogen (secondary N) is 2. The SMILES string of the molecule is CC(C)Oc1ccccc1NC(=O)C1CC1C(=O)Nc1cccc(Cl)c1. The average molecular weight is 373 g/mol. The first-order valence-electron chi connectivity index (χ1n) is 8.57. The molecule has 26 heavy (non-hydrogen) atoms. The van der Waals surface area contributed by atoms with Gasteiger partial charge < -0.3 is 15.4 Å². The van der Waals surface area contributed by atoms with Gasteiger partial charge in [-0.1, -0.05) is 29.8 Å². The van der Waals surface area contributed by atoms with E-state index in [0.29, 0.717) is 28.6 Å². The number of rotatable bonds is 6. The minimum absolute atomic E-state index is 0.00481. The Balaban J connectivity index is 1.58. The lowest BCUT2D eigenvalue weighted by Crippen LogP contribution is -2.21. The van der Waals surface area contributed by atoms with Crippen molar-refractivity contribution in [2.24, 2.45) is 11.8 Å². The van der Waals surface area contributed by atoms with Gasteiger partial charge in [-0.3, -0.25) is 9.59 Å². The van der Waals surface area contributed by atoms with Crippen LogP contribution in [0.4, 0.5) is 11.4 Å². The minimum atomic E-state index is -0.332. The molecule has 0 aliphatic heterocycles. The highest BCUT2D eigenvalue weighted by molar-refractivity contribution is 6.30. The highest BCUT2D eigenvalue weighted by Crippen LogP contribution is 2.41. The Kier molecular flexibility index (Phi) is 5.47. The van der Waals surface area contributed by atoms with E-state index in [9.17, 15) is 9.59 Å². The van der Waals surface area contributed by atoms with Crippen LogP contribution in [0.2, 0.25) is 5.02 Å². The lowest BCUT2D eigenvalue weighted by molar-refractivity contribution is -0.122. The van der Waals surface area contributed by atoms with Crippen molar-refractivity contribution in [3.63, 3.8) is 0 Å². The van der Waals surface area contributed by atoms with Crippen LogP contribution >= 0.6 is 11.6 Å². The van der Waals surface area contributed by atoms with E-state index in [4.69, 9.17) is 16.3 Å². The fraction of sp³-hybridized carbons (Fsp3) is 0.300. The summed E-state index contributed by atoms with van der Waals surface area (Å²) in [5.74, 6) is -0.375. The quantitative estimate of drug-likeness (QED) is 0.792. The fourth-order valence-electron chi connectivity index (χ4n) is 2.73. The molecule has 3 rings (SSSR count). The van der Waals surface area contributed by atoms with Crippen LogP contribution in [0.5, 0.6) is 5.75 Å². The van der Waals surface area contributed by atoms with Crippen LogP contribution in [0.1, 0.15) is 20.3 Å². The predicted octanol–water partition coefficient (Wildman–Crippen LogP) is 4.34. The number of amides is 2. The van der Waals surface area contributed by atoms with E-state index >= 15 is 0 Å². The molecule has 0 bridgehead atoms. The fourth-order valence-corrected chi connectivity index (χ4v) is 2.92. The lowest BCUT2D eigenvalue weighted by atomic mass is 10.2. The van der Waals surface area contributed by atoms with Crippen molar-refractivity contribution in [1.29, 1.82) is 0 Å². The van der Waals surface area contributed by atoms with Crippen LogP contribution < -0.4 is 15.4 Å². The molecule has 2 aromatic carbocycles. The Morgan fingerprint density at radius 2 is 1.73 bits per heavy atom. The van der Waals surface area contributed by atoms with Gasteiger partial charge in [0, 0.05) is 10.7 Å². The number of para-hydroxylation sites is 2. The second-order valence-electron chi connectivity index (χ2n) is 6.60. The largest absolute Gasteiger partial charge is 0.489 e. The third-order valence-corrected chi connectivity index (χ3v) is 4.30. The van der Waals surface area contributed by atoms with Crippen LogP contribution in [0.15, 0.2) is 48.5 Å². The molecule has 1 aliphatic rings. The monoisotopic (exact) mass is 372 g/mol. The van der Waals surface area contributed by atoms with E-state index in [2.05, 4.69) is 10.6 Å². The van der Waals surface area contributed by atoms with Gasteiger partial charge in [0.05, 0.1) is 23.6 Å². The van der Waals surface area contributed by atoms with Gasteiger partial charge in [0.1, 0.15) is 5.75 Å². The molecule has 1 fully saturated rings. The Bertz CT molecular complexity index is 822. The summed E-state index contributed by atoms with van der Waals surface area (Å²) in [7, 11) is 0. The zero-order valence-electron chi connectivity index (χ0n) is 14.7. The Labute approximate surface area is 157 Å². The number of anilines is 2. The first-order chi connectivity index (χ1) is 12.4. The second kappa shape index (κ2) is 7.79. The standard InChI is InChI=1S/C20H21ClN2O3/c1-12(2)26-18-9-4-3-8-17(18)23-20(25)16-11-15(16)19(24)22-14-7-5-6-13(21)10-14/h3-10,12,15-16H,11H2,1-2H3,(H,22,24)(H,23,25). The minimum Gasteiger partial charge on any atom is -0.489 e. The third kappa shape index (κ3) is 4.55. The molecule has 5 nitrogen and oxygen atoms in total. The Hall–Kier alpha value is -2.53. The maximum absolute atomic E-state index is 12.5. The van der Waals surface area contributed by atoms with Gasteiger partial charge in [0.25, 0.3) is 0 Å². The van der Waals surface area contributed by atoms with Crippen LogP contribution in [-0.4, -0.2) is 17.9 Å². The van der Waals surface area contributed by atoms with Crippen molar-refractivity contribution < 1.29 is 14.3 Å². The topological polar surface area (TPSA) is 67.4 Å². The molecule has 1 saturated carbocycles. The zero-order chi connectivity index (χ0) is 18.7. The lowest BCUT2D eigenvalue weighted by Gasteiger charge is -2.14. The summed E-state index contributed by atoms with van der Waals surface area (Å²) in [4.78, 5) is 24.8. The molecule has 2 N–H and O–H groups in total. The molecule has 0 aromatic heterocycles. The van der Waals surface area contributed by atoms with Crippen molar-refractivity contribution in [2.75, 3.05) is 10.6 Å². The van der Waals surface area contributed by atoms with Crippen LogP contribution in [0, 0.1) is 11.8 Å². The van der Waals surface area contributed by atoms with E-state index in [1.165, 1.54) is 0 Å². The maximum Gasteiger partial charge on any atom is 0.228 e. The van der Waals surface area contributed by atoms with E-state index in [1.54, 1.807) is 30.3 Å². The zero-order valence-corrected chi connectivity index (χ0v) is 15.4. The summed E-state index contributed by atoms with van der Waals surface area (Å²) < 4.78 is 5.70. The van der Waals surface area contributed by atoms with Gasteiger partial charge in [0.2, 0.25) is 11.8 Å². The summed E-state index contributed by atoms with van der Waals surface area (Å²) in [6, 6.07) is 14.2. The molecule has 2 amide bonds. The van der Waals surface area contributed by atoms with E-state index < -0.39 is 0 Å². The highest BCUT2D eigenvalue weighted by Gasteiger charge is 2.48. The summed E-state index contributed by atoms with van der Waals surface area (Å²) in [5.41, 5.74) is 1.25. The normalized spacial score (nSPS) is 18.3. The summed E-state index contributed by atoms with van der Waals surface area (Å²) in [6.45, 7) is 3.85. The molecule has 6 heteroatoms.